The number of rotatable bonds is 6. The zero-order valence-corrected chi connectivity index (χ0v) is 13.4. The molecule has 1 amide bonds. The summed E-state index contributed by atoms with van der Waals surface area (Å²) in [6, 6.07) is -0.120. The Morgan fingerprint density at radius 3 is 2.87 bits per heavy atom. The summed E-state index contributed by atoms with van der Waals surface area (Å²) in [5.41, 5.74) is 8.18. The van der Waals surface area contributed by atoms with Crippen molar-refractivity contribution in [1.82, 2.24) is 15.0 Å². The van der Waals surface area contributed by atoms with E-state index in [1.807, 2.05) is 13.8 Å². The molecule has 1 unspecified atom stereocenters. The molecule has 7 nitrogen and oxygen atoms in total. The number of anilines is 1. The number of allylic oxidation sites excluding steroid dienone is 1. The van der Waals surface area contributed by atoms with Gasteiger partial charge in [0.1, 0.15) is 17.8 Å². The molecule has 0 bridgehead atoms. The van der Waals surface area contributed by atoms with Crippen LogP contribution in [0.2, 0.25) is 0 Å². The predicted octanol–water partition coefficient (Wildman–Crippen LogP) is 1.50. The molecule has 0 radical (unpaired) electrons. The summed E-state index contributed by atoms with van der Waals surface area (Å²) in [4.78, 5) is 22.9. The number of hydrogen-bond donors (Lipinski definition) is 4. The fourth-order valence-electron chi connectivity index (χ4n) is 2.24. The van der Waals surface area contributed by atoms with Gasteiger partial charge >= 0.3 is 0 Å². The first kappa shape index (κ1) is 16.7. The van der Waals surface area contributed by atoms with Crippen LogP contribution in [0.5, 0.6) is 0 Å². The monoisotopic (exact) mass is 315 g/mol. The van der Waals surface area contributed by atoms with Crippen molar-refractivity contribution in [3.63, 3.8) is 0 Å². The van der Waals surface area contributed by atoms with E-state index in [9.17, 15) is 9.90 Å². The lowest BCUT2D eigenvalue weighted by atomic mass is 10.1. The van der Waals surface area contributed by atoms with Crippen LogP contribution in [0.15, 0.2) is 24.1 Å². The number of fused-ring (bicyclic) bond motifs is 1. The Balaban J connectivity index is 2.44. The second-order valence-corrected chi connectivity index (χ2v) is 5.28. The van der Waals surface area contributed by atoms with Gasteiger partial charge < -0.3 is 21.1 Å². The maximum atomic E-state index is 11.3. The molecule has 0 aliphatic rings. The smallest absolute Gasteiger partial charge is 0.248 e. The molecule has 0 fully saturated rings. The molecule has 0 saturated carbocycles. The lowest BCUT2D eigenvalue weighted by Gasteiger charge is -2.12. The van der Waals surface area contributed by atoms with E-state index in [2.05, 4.69) is 20.3 Å². The Hall–Kier alpha value is -2.67. The Morgan fingerprint density at radius 1 is 1.52 bits per heavy atom. The standard InChI is InChI=1S/C16H21N5O2/c1-4-11(14(17)23)5-6-12-10(3)13-15(20-9(2)7-22)18-8-19-16(13)21-12/h4-6,8-9,22H,7H2,1-3H3,(H2,17,23)(H2,18,19,20,21)/b6-5-,11-4+. The fraction of sp³-hybridized carbons (Fsp3) is 0.312. The Kier molecular flexibility index (Phi) is 5.13. The Labute approximate surface area is 134 Å². The molecule has 0 aliphatic heterocycles. The summed E-state index contributed by atoms with van der Waals surface area (Å²) in [5.74, 6) is 0.183. The van der Waals surface area contributed by atoms with Gasteiger partial charge in [-0.1, -0.05) is 6.08 Å². The van der Waals surface area contributed by atoms with Crippen LogP contribution in [0.1, 0.15) is 25.1 Å². The van der Waals surface area contributed by atoms with E-state index in [4.69, 9.17) is 5.73 Å². The van der Waals surface area contributed by atoms with Gasteiger partial charge in [0.05, 0.1) is 12.0 Å². The molecule has 23 heavy (non-hydrogen) atoms. The van der Waals surface area contributed by atoms with Gasteiger partial charge in [-0.15, -0.1) is 0 Å². The molecule has 0 aliphatic carbocycles. The second-order valence-electron chi connectivity index (χ2n) is 5.28. The molecule has 2 rings (SSSR count). The van der Waals surface area contributed by atoms with Crippen molar-refractivity contribution >= 4 is 28.8 Å². The van der Waals surface area contributed by atoms with Crippen molar-refractivity contribution in [2.75, 3.05) is 11.9 Å². The zero-order valence-electron chi connectivity index (χ0n) is 13.4. The van der Waals surface area contributed by atoms with Gasteiger partial charge in [0.25, 0.3) is 0 Å². The minimum atomic E-state index is -0.476. The summed E-state index contributed by atoms with van der Waals surface area (Å²) in [6.07, 6.45) is 6.57. The van der Waals surface area contributed by atoms with Gasteiger partial charge in [-0.3, -0.25) is 4.79 Å². The van der Waals surface area contributed by atoms with E-state index in [-0.39, 0.29) is 12.6 Å². The summed E-state index contributed by atoms with van der Waals surface area (Å²) in [5, 5.41) is 13.2. The topological polar surface area (TPSA) is 117 Å². The molecule has 5 N–H and O–H groups in total. The first-order chi connectivity index (χ1) is 11.0. The third-order valence-corrected chi connectivity index (χ3v) is 3.56. The molecule has 7 heteroatoms. The molecule has 0 spiro atoms. The summed E-state index contributed by atoms with van der Waals surface area (Å²) < 4.78 is 0. The predicted molar refractivity (Wildman–Crippen MR) is 90.8 cm³/mol. The molecule has 2 aromatic heterocycles. The first-order valence-electron chi connectivity index (χ1n) is 7.32. The third-order valence-electron chi connectivity index (χ3n) is 3.56. The van der Waals surface area contributed by atoms with Gasteiger partial charge in [0, 0.05) is 17.3 Å². The Bertz CT molecular complexity index is 776. The molecular weight excluding hydrogens is 294 g/mol. The van der Waals surface area contributed by atoms with Crippen LogP contribution in [0.25, 0.3) is 17.1 Å². The first-order valence-corrected chi connectivity index (χ1v) is 7.32. The summed E-state index contributed by atoms with van der Waals surface area (Å²) in [7, 11) is 0. The number of nitrogens with zero attached hydrogens (tertiary/aromatic N) is 2. The van der Waals surface area contributed by atoms with E-state index in [0.29, 0.717) is 17.0 Å². The SMILES string of the molecule is C/C=C(\C=C/c1[nH]c2ncnc(NC(C)CO)c2c1C)C(N)=O. The molecule has 0 saturated heterocycles. The molecule has 1 atom stereocenters. The highest BCUT2D eigenvalue weighted by atomic mass is 16.3. The number of aliphatic hydroxyl groups is 1. The lowest BCUT2D eigenvalue weighted by molar-refractivity contribution is -0.114. The normalized spacial score (nSPS) is 13.7. The van der Waals surface area contributed by atoms with E-state index < -0.39 is 5.91 Å². The number of carbonyl (C=O) groups excluding carboxylic acids is 1. The summed E-state index contributed by atoms with van der Waals surface area (Å²) >= 11 is 0. The highest BCUT2D eigenvalue weighted by molar-refractivity contribution is 5.97. The number of nitrogens with two attached hydrogens (primary N) is 1. The minimum Gasteiger partial charge on any atom is -0.394 e. The van der Waals surface area contributed by atoms with Crippen molar-refractivity contribution < 1.29 is 9.90 Å². The second kappa shape index (κ2) is 7.06. The van der Waals surface area contributed by atoms with E-state index in [1.54, 1.807) is 25.2 Å². The molecule has 2 aromatic rings. The van der Waals surface area contributed by atoms with Crippen molar-refractivity contribution in [3.8, 4) is 0 Å². The van der Waals surface area contributed by atoms with Crippen molar-refractivity contribution in [3.05, 3.63) is 35.3 Å². The van der Waals surface area contributed by atoms with Gasteiger partial charge in [0.2, 0.25) is 5.91 Å². The Morgan fingerprint density at radius 2 is 2.26 bits per heavy atom. The van der Waals surface area contributed by atoms with Gasteiger partial charge in [-0.05, 0) is 38.5 Å². The van der Waals surface area contributed by atoms with E-state index >= 15 is 0 Å². The number of aryl methyl sites for hydroxylation is 1. The molecule has 2 heterocycles. The third kappa shape index (κ3) is 3.57. The van der Waals surface area contributed by atoms with Crippen LogP contribution in [-0.4, -0.2) is 38.6 Å². The largest absolute Gasteiger partial charge is 0.394 e. The van der Waals surface area contributed by atoms with Crippen LogP contribution in [-0.2, 0) is 4.79 Å². The number of carbonyl (C=O) groups is 1. The number of primary amides is 1. The van der Waals surface area contributed by atoms with Crippen LogP contribution in [0.3, 0.4) is 0 Å². The highest BCUT2D eigenvalue weighted by Gasteiger charge is 2.13. The maximum absolute atomic E-state index is 11.3. The number of amides is 1. The lowest BCUT2D eigenvalue weighted by Crippen LogP contribution is -2.20. The minimum absolute atomic E-state index is 0.00495. The number of nitrogens with one attached hydrogen (secondary N) is 2. The number of aliphatic hydroxyl groups excluding tert-OH is 1. The van der Waals surface area contributed by atoms with Crippen molar-refractivity contribution in [2.45, 2.75) is 26.8 Å². The van der Waals surface area contributed by atoms with Crippen molar-refractivity contribution in [1.29, 1.82) is 0 Å². The maximum Gasteiger partial charge on any atom is 0.248 e. The number of aromatic amines is 1. The number of H-pyrrole nitrogens is 1. The number of hydrogen-bond acceptors (Lipinski definition) is 5. The van der Waals surface area contributed by atoms with Gasteiger partial charge in [0.15, 0.2) is 0 Å². The zero-order chi connectivity index (χ0) is 17.0. The molecular formula is C16H21N5O2. The summed E-state index contributed by atoms with van der Waals surface area (Å²) in [6.45, 7) is 5.56. The molecule has 0 aromatic carbocycles. The van der Waals surface area contributed by atoms with Gasteiger partial charge in [-0.25, -0.2) is 9.97 Å². The average Bonchev–Trinajstić information content (AvgIpc) is 2.85. The highest BCUT2D eigenvalue weighted by Crippen LogP contribution is 2.27. The van der Waals surface area contributed by atoms with Crippen LogP contribution in [0, 0.1) is 6.92 Å². The quantitative estimate of drug-likeness (QED) is 0.476. The van der Waals surface area contributed by atoms with Crippen molar-refractivity contribution in [2.24, 2.45) is 5.73 Å². The average molecular weight is 315 g/mol. The number of aromatic nitrogens is 3. The van der Waals surface area contributed by atoms with E-state index in [1.165, 1.54) is 6.33 Å². The van der Waals surface area contributed by atoms with Crippen LogP contribution >= 0.6 is 0 Å². The van der Waals surface area contributed by atoms with Crippen LogP contribution < -0.4 is 11.1 Å². The molecule has 122 valence electrons. The van der Waals surface area contributed by atoms with Crippen LogP contribution in [0.4, 0.5) is 5.82 Å². The fourth-order valence-corrected chi connectivity index (χ4v) is 2.24. The van der Waals surface area contributed by atoms with E-state index in [0.717, 1.165) is 16.6 Å². The van der Waals surface area contributed by atoms with Gasteiger partial charge in [-0.2, -0.15) is 0 Å².